The van der Waals surface area contributed by atoms with Crippen LogP contribution in [-0.4, -0.2) is 37.4 Å². The molecule has 0 spiro atoms. The average Bonchev–Trinajstić information content (AvgIpc) is 3.58. The predicted molar refractivity (Wildman–Crippen MR) is 176 cm³/mol. The number of nitrogens with one attached hydrogen (secondary N) is 1. The van der Waals surface area contributed by atoms with Crippen LogP contribution in [0.2, 0.25) is 0 Å². The van der Waals surface area contributed by atoms with Crippen molar-refractivity contribution in [1.29, 1.82) is 0 Å². The minimum Gasteiger partial charge on any atom is -0.493 e. The Bertz CT molecular complexity index is 2190. The molecule has 224 valence electrons. The Kier molecular flexibility index (Phi) is 7.39. The summed E-state index contributed by atoms with van der Waals surface area (Å²) >= 11 is 0. The van der Waals surface area contributed by atoms with Crippen molar-refractivity contribution in [3.05, 3.63) is 120 Å². The third kappa shape index (κ3) is 5.35. The minimum atomic E-state index is -0.987. The normalized spacial score (nSPS) is 11.4. The smallest absolute Gasteiger partial charge is 0.352 e. The highest BCUT2D eigenvalue weighted by Gasteiger charge is 2.23. The molecule has 0 aliphatic rings. The predicted octanol–water partition coefficient (Wildman–Crippen LogP) is 7.87. The van der Waals surface area contributed by atoms with Crippen LogP contribution in [0.25, 0.3) is 43.6 Å². The second-order valence-corrected chi connectivity index (χ2v) is 11.1. The third-order valence-electron chi connectivity index (χ3n) is 8.40. The lowest BCUT2D eigenvalue weighted by Gasteiger charge is -2.10. The van der Waals surface area contributed by atoms with E-state index in [9.17, 15) is 9.90 Å². The van der Waals surface area contributed by atoms with E-state index in [1.54, 1.807) is 6.20 Å². The SMILES string of the molecule is Cc1c(-c2cccc3c(CCCOc4cccc5ccccc45)c(C(=O)O)[nH]c23)c(COc2ccc3ccncc3c2)nn1C. The fraction of sp³-hybridized carbons (Fsp3) is 0.162. The van der Waals surface area contributed by atoms with Gasteiger partial charge in [-0.3, -0.25) is 9.67 Å². The molecule has 0 radical (unpaired) electrons. The van der Waals surface area contributed by atoms with Crippen molar-refractivity contribution < 1.29 is 19.4 Å². The van der Waals surface area contributed by atoms with Gasteiger partial charge in [-0.25, -0.2) is 4.79 Å². The third-order valence-corrected chi connectivity index (χ3v) is 8.40. The molecule has 0 aliphatic carbocycles. The van der Waals surface area contributed by atoms with E-state index in [4.69, 9.17) is 14.6 Å². The van der Waals surface area contributed by atoms with Crippen molar-refractivity contribution in [2.45, 2.75) is 26.4 Å². The molecule has 8 nitrogen and oxygen atoms in total. The van der Waals surface area contributed by atoms with E-state index in [-0.39, 0.29) is 12.3 Å². The monoisotopic (exact) mass is 596 g/mol. The number of carboxylic acid groups (broad SMARTS) is 1. The molecule has 2 N–H and O–H groups in total. The lowest BCUT2D eigenvalue weighted by atomic mass is 9.98. The van der Waals surface area contributed by atoms with E-state index >= 15 is 0 Å². The van der Waals surface area contributed by atoms with Crippen molar-refractivity contribution in [2.75, 3.05) is 6.61 Å². The number of H-pyrrole nitrogens is 1. The maximum Gasteiger partial charge on any atom is 0.352 e. The Morgan fingerprint density at radius 2 is 1.73 bits per heavy atom. The van der Waals surface area contributed by atoms with Crippen molar-refractivity contribution in [1.82, 2.24) is 19.7 Å². The van der Waals surface area contributed by atoms with Crippen molar-refractivity contribution in [3.63, 3.8) is 0 Å². The molecule has 0 bridgehead atoms. The molecule has 0 unspecified atom stereocenters. The van der Waals surface area contributed by atoms with Crippen LogP contribution in [0.15, 0.2) is 97.3 Å². The van der Waals surface area contributed by atoms with E-state index in [2.05, 4.69) is 22.1 Å². The van der Waals surface area contributed by atoms with Gasteiger partial charge in [-0.1, -0.05) is 60.7 Å². The number of aromatic nitrogens is 4. The fourth-order valence-electron chi connectivity index (χ4n) is 6.11. The lowest BCUT2D eigenvalue weighted by molar-refractivity contribution is 0.0690. The summed E-state index contributed by atoms with van der Waals surface area (Å²) in [7, 11) is 1.91. The molecule has 8 heteroatoms. The summed E-state index contributed by atoms with van der Waals surface area (Å²) in [4.78, 5) is 19.9. The topological polar surface area (TPSA) is 102 Å². The van der Waals surface area contributed by atoms with Crippen LogP contribution in [0.4, 0.5) is 0 Å². The Labute approximate surface area is 259 Å². The molecular weight excluding hydrogens is 564 g/mol. The number of nitrogens with zero attached hydrogens (tertiary/aromatic N) is 3. The first-order valence-electron chi connectivity index (χ1n) is 14.9. The number of pyridine rings is 1. The van der Waals surface area contributed by atoms with Crippen molar-refractivity contribution in [2.24, 2.45) is 7.05 Å². The number of ether oxygens (including phenoxy) is 2. The first-order chi connectivity index (χ1) is 22.0. The summed E-state index contributed by atoms with van der Waals surface area (Å²) in [5.74, 6) is 0.568. The quantitative estimate of drug-likeness (QED) is 0.156. The van der Waals surface area contributed by atoms with Gasteiger partial charge in [-0.05, 0) is 60.4 Å². The van der Waals surface area contributed by atoms with Gasteiger partial charge in [0.15, 0.2) is 0 Å². The van der Waals surface area contributed by atoms with E-state index in [0.29, 0.717) is 19.4 Å². The van der Waals surface area contributed by atoms with E-state index in [1.807, 2.05) is 97.6 Å². The number of carbonyl (C=O) groups is 1. The number of aryl methyl sites for hydroxylation is 2. The van der Waals surface area contributed by atoms with Crippen LogP contribution in [0, 0.1) is 6.92 Å². The molecule has 0 saturated carbocycles. The summed E-state index contributed by atoms with van der Waals surface area (Å²) < 4.78 is 14.2. The Morgan fingerprint density at radius 3 is 2.62 bits per heavy atom. The first-order valence-corrected chi connectivity index (χ1v) is 14.9. The van der Waals surface area contributed by atoms with Gasteiger partial charge in [0.1, 0.15) is 29.5 Å². The summed E-state index contributed by atoms with van der Waals surface area (Å²) in [5, 5.41) is 20.1. The molecule has 0 fully saturated rings. The summed E-state index contributed by atoms with van der Waals surface area (Å²) in [5.41, 5.74) is 5.28. The zero-order valence-electron chi connectivity index (χ0n) is 25.1. The molecule has 3 heterocycles. The van der Waals surface area contributed by atoms with Crippen molar-refractivity contribution >= 4 is 38.4 Å². The van der Waals surface area contributed by atoms with Gasteiger partial charge in [0.2, 0.25) is 0 Å². The molecule has 7 aromatic rings. The minimum absolute atomic E-state index is 0.201. The number of benzene rings is 4. The summed E-state index contributed by atoms with van der Waals surface area (Å²) in [6.07, 6.45) is 4.80. The number of fused-ring (bicyclic) bond motifs is 3. The molecule has 0 aliphatic heterocycles. The van der Waals surface area contributed by atoms with E-state index < -0.39 is 5.97 Å². The average molecular weight is 597 g/mol. The molecule has 45 heavy (non-hydrogen) atoms. The standard InChI is InChI=1S/C37H32N4O4/c1-23-34(32(40-41(23)2)22-45-27-16-15-24-17-18-38-21-26(24)20-27)31-12-6-11-29-30(36(37(42)43)39-35(29)31)13-7-19-44-33-14-5-9-25-8-3-4-10-28(25)33/h3-6,8-12,14-18,20-21,39H,7,13,19,22H2,1-2H3,(H,42,43). The van der Waals surface area contributed by atoms with Gasteiger partial charge in [0.05, 0.1) is 12.1 Å². The molecule has 4 aromatic carbocycles. The Morgan fingerprint density at radius 1 is 0.911 bits per heavy atom. The fourth-order valence-corrected chi connectivity index (χ4v) is 6.11. The van der Waals surface area contributed by atoms with E-state index in [0.717, 1.165) is 72.0 Å². The number of hydrogen-bond donors (Lipinski definition) is 2. The molecule has 0 amide bonds. The van der Waals surface area contributed by atoms with Crippen LogP contribution in [0.3, 0.4) is 0 Å². The van der Waals surface area contributed by atoms with Crippen LogP contribution >= 0.6 is 0 Å². The zero-order valence-corrected chi connectivity index (χ0v) is 25.1. The Hall–Kier alpha value is -5.63. The lowest BCUT2D eigenvalue weighted by Crippen LogP contribution is -2.04. The van der Waals surface area contributed by atoms with Crippen LogP contribution < -0.4 is 9.47 Å². The molecule has 3 aromatic heterocycles. The summed E-state index contributed by atoms with van der Waals surface area (Å²) in [6.45, 7) is 2.73. The van der Waals surface area contributed by atoms with Gasteiger partial charge in [0.25, 0.3) is 0 Å². The first kappa shape index (κ1) is 28.2. The molecular formula is C37H32N4O4. The van der Waals surface area contributed by atoms with E-state index in [1.165, 1.54) is 0 Å². The molecule has 7 rings (SSSR count). The highest BCUT2D eigenvalue weighted by molar-refractivity contribution is 6.03. The molecule has 0 atom stereocenters. The van der Waals surface area contributed by atoms with Gasteiger partial charge in [-0.2, -0.15) is 5.10 Å². The van der Waals surface area contributed by atoms with Crippen molar-refractivity contribution in [3.8, 4) is 22.6 Å². The maximum atomic E-state index is 12.4. The number of hydrogen-bond acceptors (Lipinski definition) is 5. The van der Waals surface area contributed by atoms with Crippen LogP contribution in [0.5, 0.6) is 11.5 Å². The second kappa shape index (κ2) is 11.8. The number of carboxylic acids is 1. The largest absolute Gasteiger partial charge is 0.493 e. The maximum absolute atomic E-state index is 12.4. The number of para-hydroxylation sites is 1. The zero-order chi connectivity index (χ0) is 30.9. The number of aromatic amines is 1. The van der Waals surface area contributed by atoms with Gasteiger partial charge < -0.3 is 19.6 Å². The van der Waals surface area contributed by atoms with Gasteiger partial charge in [-0.15, -0.1) is 0 Å². The number of rotatable bonds is 10. The van der Waals surface area contributed by atoms with Gasteiger partial charge in [0, 0.05) is 52.4 Å². The number of aromatic carboxylic acids is 1. The van der Waals surface area contributed by atoms with Crippen LogP contribution in [-0.2, 0) is 20.1 Å². The molecule has 0 saturated heterocycles. The highest BCUT2D eigenvalue weighted by atomic mass is 16.5. The summed E-state index contributed by atoms with van der Waals surface area (Å²) in [6, 6.07) is 28.0. The highest BCUT2D eigenvalue weighted by Crippen LogP contribution is 2.36. The Balaban J connectivity index is 1.16. The van der Waals surface area contributed by atoms with Gasteiger partial charge >= 0.3 is 5.97 Å². The van der Waals surface area contributed by atoms with Crippen LogP contribution in [0.1, 0.15) is 33.9 Å². The second-order valence-electron chi connectivity index (χ2n) is 11.1.